The van der Waals surface area contributed by atoms with Crippen molar-refractivity contribution in [1.29, 1.82) is 0 Å². The zero-order chi connectivity index (χ0) is 20.6. The molecule has 1 aliphatic heterocycles. The minimum Gasteiger partial charge on any atom is -0.341 e. The number of fused-ring (bicyclic) bond motifs is 1. The average Bonchev–Trinajstić information content (AvgIpc) is 3.42. The largest absolute Gasteiger partial charge is 0.341 e. The average molecular weight is 425 g/mol. The van der Waals surface area contributed by atoms with Gasteiger partial charge in [-0.15, -0.1) is 0 Å². The molecule has 162 valence electrons. The van der Waals surface area contributed by atoms with Crippen LogP contribution in [0.3, 0.4) is 0 Å². The Morgan fingerprint density at radius 1 is 1.34 bits per heavy atom. The number of nitrogens with zero attached hydrogens (tertiary/aromatic N) is 3. The lowest BCUT2D eigenvalue weighted by atomic mass is 9.80. The Hall–Kier alpha value is -1.48. The normalized spacial score (nSPS) is 30.2. The molecule has 1 aromatic heterocycles. The van der Waals surface area contributed by atoms with Crippen LogP contribution in [0.25, 0.3) is 0 Å². The van der Waals surface area contributed by atoms with E-state index in [1.165, 1.54) is 25.7 Å². The smallest absolute Gasteiger partial charge is 0.235 e. The first-order valence-corrected chi connectivity index (χ1v) is 12.5. The fourth-order valence-electron chi connectivity index (χ4n) is 5.60. The van der Waals surface area contributed by atoms with Crippen LogP contribution in [-0.4, -0.2) is 54.2 Å². The molecule has 1 aromatic rings. The predicted molar refractivity (Wildman–Crippen MR) is 108 cm³/mol. The summed E-state index contributed by atoms with van der Waals surface area (Å²) in [5, 5.41) is 3.96. The van der Waals surface area contributed by atoms with E-state index < -0.39 is 15.4 Å². The summed E-state index contributed by atoms with van der Waals surface area (Å²) in [5.74, 6) is 2.20. The standard InChI is InChI=1S/C20H32N4O4S/c1-3-29(26,27)23-17-10-16-12-24(18(25)9-8-15-6-4-5-7-15)13-20(16,11-17)19-21-14(2)22-28-19/h15-17,23H,3-13H2,1-2H3/t16?,17-,20+/m1/s1. The van der Waals surface area contributed by atoms with Crippen LogP contribution >= 0.6 is 0 Å². The fourth-order valence-corrected chi connectivity index (χ4v) is 6.46. The van der Waals surface area contributed by atoms with Crippen molar-refractivity contribution in [3.8, 4) is 0 Å². The van der Waals surface area contributed by atoms with Gasteiger partial charge in [-0.2, -0.15) is 4.98 Å². The van der Waals surface area contributed by atoms with Crippen LogP contribution in [0.1, 0.15) is 70.0 Å². The van der Waals surface area contributed by atoms with E-state index in [4.69, 9.17) is 4.52 Å². The van der Waals surface area contributed by atoms with E-state index in [0.29, 0.717) is 50.0 Å². The van der Waals surface area contributed by atoms with Crippen molar-refractivity contribution in [2.24, 2.45) is 11.8 Å². The lowest BCUT2D eigenvalue weighted by molar-refractivity contribution is -0.130. The van der Waals surface area contributed by atoms with Gasteiger partial charge in [0.1, 0.15) is 0 Å². The van der Waals surface area contributed by atoms with E-state index in [1.54, 1.807) is 13.8 Å². The van der Waals surface area contributed by atoms with Crippen LogP contribution in [0.5, 0.6) is 0 Å². The number of hydrogen-bond acceptors (Lipinski definition) is 6. The number of aromatic nitrogens is 2. The Labute approximate surface area is 172 Å². The number of rotatable bonds is 7. The van der Waals surface area contributed by atoms with Gasteiger partial charge in [0.15, 0.2) is 5.82 Å². The number of carbonyl (C=O) groups excluding carboxylic acids is 1. The van der Waals surface area contributed by atoms with Gasteiger partial charge in [0.25, 0.3) is 0 Å². The van der Waals surface area contributed by atoms with Crippen LogP contribution in [0, 0.1) is 18.8 Å². The molecule has 1 amide bonds. The maximum Gasteiger partial charge on any atom is 0.235 e. The number of carbonyl (C=O) groups is 1. The molecule has 0 aromatic carbocycles. The zero-order valence-electron chi connectivity index (χ0n) is 17.4. The molecule has 29 heavy (non-hydrogen) atoms. The van der Waals surface area contributed by atoms with Gasteiger partial charge in [0, 0.05) is 25.6 Å². The maximum absolute atomic E-state index is 12.9. The number of likely N-dealkylation sites (tertiary alicyclic amines) is 1. The zero-order valence-corrected chi connectivity index (χ0v) is 18.2. The topological polar surface area (TPSA) is 105 Å². The highest BCUT2D eigenvalue weighted by molar-refractivity contribution is 7.89. The Morgan fingerprint density at radius 2 is 2.10 bits per heavy atom. The fraction of sp³-hybridized carbons (Fsp3) is 0.850. The summed E-state index contributed by atoms with van der Waals surface area (Å²) in [6.07, 6.45) is 7.94. The van der Waals surface area contributed by atoms with Crippen LogP contribution in [-0.2, 0) is 20.2 Å². The van der Waals surface area contributed by atoms with Crippen molar-refractivity contribution >= 4 is 15.9 Å². The summed E-state index contributed by atoms with van der Waals surface area (Å²) in [6.45, 7) is 4.59. The summed E-state index contributed by atoms with van der Waals surface area (Å²) in [5.41, 5.74) is -0.453. The van der Waals surface area contributed by atoms with Gasteiger partial charge in [-0.05, 0) is 44.9 Å². The molecule has 9 heteroatoms. The van der Waals surface area contributed by atoms with Gasteiger partial charge < -0.3 is 9.42 Å². The third kappa shape index (κ3) is 4.21. The van der Waals surface area contributed by atoms with Gasteiger partial charge in [-0.3, -0.25) is 4.79 Å². The summed E-state index contributed by atoms with van der Waals surface area (Å²) in [6, 6.07) is -0.159. The number of amides is 1. The van der Waals surface area contributed by atoms with E-state index in [9.17, 15) is 13.2 Å². The Morgan fingerprint density at radius 3 is 2.76 bits per heavy atom. The minimum absolute atomic E-state index is 0.0621. The van der Waals surface area contributed by atoms with Crippen molar-refractivity contribution < 1.29 is 17.7 Å². The molecular formula is C20H32N4O4S. The van der Waals surface area contributed by atoms with E-state index in [0.717, 1.165) is 6.42 Å². The number of hydrogen-bond donors (Lipinski definition) is 1. The van der Waals surface area contributed by atoms with Gasteiger partial charge in [0.2, 0.25) is 21.8 Å². The van der Waals surface area contributed by atoms with E-state index >= 15 is 0 Å². The highest BCUT2D eigenvalue weighted by Gasteiger charge is 2.58. The number of sulfonamides is 1. The van der Waals surface area contributed by atoms with Crippen LogP contribution in [0.4, 0.5) is 0 Å². The summed E-state index contributed by atoms with van der Waals surface area (Å²) in [7, 11) is -3.28. The predicted octanol–water partition coefficient (Wildman–Crippen LogP) is 2.15. The highest BCUT2D eigenvalue weighted by Crippen LogP contribution is 2.50. The minimum atomic E-state index is -3.28. The van der Waals surface area contributed by atoms with Gasteiger partial charge in [0.05, 0.1) is 11.2 Å². The van der Waals surface area contributed by atoms with Crippen molar-refractivity contribution in [2.75, 3.05) is 18.8 Å². The van der Waals surface area contributed by atoms with Crippen LogP contribution < -0.4 is 4.72 Å². The second-order valence-electron chi connectivity index (χ2n) is 9.12. The lowest BCUT2D eigenvalue weighted by Crippen LogP contribution is -2.40. The Bertz CT molecular complexity index is 848. The molecule has 0 bridgehead atoms. The second kappa shape index (κ2) is 7.98. The van der Waals surface area contributed by atoms with Gasteiger partial charge in [-0.1, -0.05) is 30.8 Å². The Kier molecular flexibility index (Phi) is 5.72. The molecule has 1 unspecified atom stereocenters. The third-order valence-corrected chi connectivity index (χ3v) is 8.60. The molecule has 1 N–H and O–H groups in total. The molecule has 2 saturated carbocycles. The first-order chi connectivity index (χ1) is 13.8. The van der Waals surface area contributed by atoms with Crippen molar-refractivity contribution in [3.05, 3.63) is 11.7 Å². The second-order valence-corrected chi connectivity index (χ2v) is 11.2. The summed E-state index contributed by atoms with van der Waals surface area (Å²) < 4.78 is 32.5. The van der Waals surface area contributed by atoms with Gasteiger partial charge >= 0.3 is 0 Å². The number of aryl methyl sites for hydroxylation is 1. The molecule has 3 fully saturated rings. The van der Waals surface area contributed by atoms with Crippen LogP contribution in [0.2, 0.25) is 0 Å². The first kappa shape index (κ1) is 20.8. The molecule has 0 radical (unpaired) electrons. The van der Waals surface area contributed by atoms with Crippen molar-refractivity contribution in [2.45, 2.75) is 76.7 Å². The summed E-state index contributed by atoms with van der Waals surface area (Å²) in [4.78, 5) is 19.4. The number of nitrogens with one attached hydrogen (secondary N) is 1. The monoisotopic (exact) mass is 424 g/mol. The highest BCUT2D eigenvalue weighted by atomic mass is 32.2. The SMILES string of the molecule is CCS(=O)(=O)N[C@@H]1CC2CN(C(=O)CCC3CCCC3)C[C@@]2(c2nc(C)no2)C1. The quantitative estimate of drug-likeness (QED) is 0.719. The molecule has 1 saturated heterocycles. The van der Waals surface area contributed by atoms with Crippen molar-refractivity contribution in [1.82, 2.24) is 19.8 Å². The van der Waals surface area contributed by atoms with Crippen molar-refractivity contribution in [3.63, 3.8) is 0 Å². The van der Waals surface area contributed by atoms with E-state index in [1.807, 2.05) is 4.90 Å². The molecule has 2 aliphatic carbocycles. The third-order valence-electron chi connectivity index (χ3n) is 7.15. The van der Waals surface area contributed by atoms with Crippen LogP contribution in [0.15, 0.2) is 4.52 Å². The molecule has 4 rings (SSSR count). The van der Waals surface area contributed by atoms with Gasteiger partial charge in [-0.25, -0.2) is 13.1 Å². The summed E-state index contributed by atoms with van der Waals surface area (Å²) >= 11 is 0. The molecular weight excluding hydrogens is 392 g/mol. The Balaban J connectivity index is 1.48. The molecule has 8 nitrogen and oxygen atoms in total. The lowest BCUT2D eigenvalue weighted by Gasteiger charge is -2.25. The maximum atomic E-state index is 12.9. The molecule has 3 atom stereocenters. The van der Waals surface area contributed by atoms with E-state index in [2.05, 4.69) is 14.9 Å². The first-order valence-electron chi connectivity index (χ1n) is 10.9. The molecule has 0 spiro atoms. The van der Waals surface area contributed by atoms with E-state index in [-0.39, 0.29) is 23.6 Å². The molecule has 3 aliphatic rings. The molecule has 2 heterocycles.